The molecule has 1 rings (SSSR count). The van der Waals surface area contributed by atoms with Gasteiger partial charge in [0.15, 0.2) is 0 Å². The summed E-state index contributed by atoms with van der Waals surface area (Å²) in [5.74, 6) is -1.03. The fourth-order valence-electron chi connectivity index (χ4n) is 2.38. The summed E-state index contributed by atoms with van der Waals surface area (Å²) in [6, 6.07) is 10.8. The van der Waals surface area contributed by atoms with E-state index in [1.165, 1.54) is 5.56 Å². The normalized spacial score (nSPS) is 14.3. The van der Waals surface area contributed by atoms with E-state index in [4.69, 9.17) is 5.11 Å². The number of carboxylic acids is 1. The van der Waals surface area contributed by atoms with Crippen molar-refractivity contribution in [1.82, 2.24) is 4.90 Å². The summed E-state index contributed by atoms with van der Waals surface area (Å²) < 4.78 is 0. The van der Waals surface area contributed by atoms with Gasteiger partial charge in [-0.3, -0.25) is 9.69 Å². The smallest absolute Gasteiger partial charge is 0.307 e. The number of nitrogens with zero attached hydrogens (tertiary/aromatic N) is 1. The second-order valence-corrected chi connectivity index (χ2v) is 5.08. The number of aliphatic carboxylic acids is 1. The van der Waals surface area contributed by atoms with Crippen LogP contribution in [-0.4, -0.2) is 35.1 Å². The summed E-state index contributed by atoms with van der Waals surface area (Å²) in [6.45, 7) is 7.56. The lowest BCUT2D eigenvalue weighted by Gasteiger charge is -2.31. The van der Waals surface area contributed by atoms with E-state index in [1.807, 2.05) is 6.07 Å². The third-order valence-corrected chi connectivity index (χ3v) is 3.64. The van der Waals surface area contributed by atoms with Gasteiger partial charge in [-0.15, -0.1) is 0 Å². The minimum atomic E-state index is -0.715. The standard InChI is InChI=1S/C16H25NO2/c1-4-15(11-14-9-7-6-8-10-14)17(5-2)12-13(3)16(18)19/h6-10,13,15H,4-5,11-12H2,1-3H3,(H,18,19). The lowest BCUT2D eigenvalue weighted by molar-refractivity contribution is -0.141. The topological polar surface area (TPSA) is 40.5 Å². The Balaban J connectivity index is 2.67. The van der Waals surface area contributed by atoms with Crippen LogP contribution in [0.1, 0.15) is 32.8 Å². The highest BCUT2D eigenvalue weighted by Crippen LogP contribution is 2.14. The van der Waals surface area contributed by atoms with E-state index in [2.05, 4.69) is 43.0 Å². The van der Waals surface area contributed by atoms with Crippen LogP contribution in [0, 0.1) is 5.92 Å². The second kappa shape index (κ2) is 7.95. The van der Waals surface area contributed by atoms with Crippen molar-refractivity contribution < 1.29 is 9.90 Å². The molecule has 1 N–H and O–H groups in total. The van der Waals surface area contributed by atoms with Gasteiger partial charge in [-0.25, -0.2) is 0 Å². The summed E-state index contributed by atoms with van der Waals surface area (Å²) in [6.07, 6.45) is 2.02. The molecule has 0 aliphatic carbocycles. The molecular weight excluding hydrogens is 238 g/mol. The molecule has 0 aliphatic heterocycles. The summed E-state index contributed by atoms with van der Waals surface area (Å²) in [5.41, 5.74) is 1.32. The monoisotopic (exact) mass is 263 g/mol. The van der Waals surface area contributed by atoms with Crippen molar-refractivity contribution in [2.75, 3.05) is 13.1 Å². The average Bonchev–Trinajstić information content (AvgIpc) is 2.43. The molecule has 2 unspecified atom stereocenters. The van der Waals surface area contributed by atoms with E-state index in [1.54, 1.807) is 6.92 Å². The Hall–Kier alpha value is -1.35. The van der Waals surface area contributed by atoms with Crippen LogP contribution < -0.4 is 0 Å². The molecule has 0 fully saturated rings. The highest BCUT2D eigenvalue weighted by atomic mass is 16.4. The van der Waals surface area contributed by atoms with Crippen molar-refractivity contribution in [3.8, 4) is 0 Å². The van der Waals surface area contributed by atoms with Crippen LogP contribution in [-0.2, 0) is 11.2 Å². The molecule has 0 radical (unpaired) electrons. The van der Waals surface area contributed by atoms with Gasteiger partial charge in [0.25, 0.3) is 0 Å². The number of hydrogen-bond donors (Lipinski definition) is 1. The zero-order valence-electron chi connectivity index (χ0n) is 12.2. The highest BCUT2D eigenvalue weighted by Gasteiger charge is 2.21. The fraction of sp³-hybridized carbons (Fsp3) is 0.562. The number of benzene rings is 1. The molecule has 0 heterocycles. The van der Waals surface area contributed by atoms with Crippen LogP contribution in [0.3, 0.4) is 0 Å². The highest BCUT2D eigenvalue weighted by molar-refractivity contribution is 5.69. The third kappa shape index (κ3) is 5.03. The van der Waals surface area contributed by atoms with Crippen LogP contribution in [0.25, 0.3) is 0 Å². The van der Waals surface area contributed by atoms with Crippen molar-refractivity contribution in [2.45, 2.75) is 39.7 Å². The summed E-state index contributed by atoms with van der Waals surface area (Å²) >= 11 is 0. The first-order valence-corrected chi connectivity index (χ1v) is 7.09. The van der Waals surface area contributed by atoms with Gasteiger partial charge >= 0.3 is 5.97 Å². The molecule has 0 saturated carbocycles. The SMILES string of the molecule is CCC(Cc1ccccc1)N(CC)CC(C)C(=O)O. The van der Waals surface area contributed by atoms with Crippen LogP contribution in [0.5, 0.6) is 0 Å². The Morgan fingerprint density at radius 1 is 1.26 bits per heavy atom. The van der Waals surface area contributed by atoms with E-state index in [9.17, 15) is 4.79 Å². The maximum absolute atomic E-state index is 11.0. The van der Waals surface area contributed by atoms with E-state index in [0.29, 0.717) is 12.6 Å². The minimum absolute atomic E-state index is 0.315. The van der Waals surface area contributed by atoms with Crippen molar-refractivity contribution >= 4 is 5.97 Å². The molecule has 0 bridgehead atoms. The van der Waals surface area contributed by atoms with Gasteiger partial charge in [-0.2, -0.15) is 0 Å². The molecule has 1 aromatic carbocycles. The van der Waals surface area contributed by atoms with Gasteiger partial charge in [0.2, 0.25) is 0 Å². The van der Waals surface area contributed by atoms with Crippen LogP contribution in [0.15, 0.2) is 30.3 Å². The van der Waals surface area contributed by atoms with Gasteiger partial charge in [0.05, 0.1) is 5.92 Å². The molecule has 3 nitrogen and oxygen atoms in total. The molecule has 0 spiro atoms. The van der Waals surface area contributed by atoms with E-state index < -0.39 is 5.97 Å². The first-order chi connectivity index (χ1) is 9.08. The van der Waals surface area contributed by atoms with Crippen molar-refractivity contribution in [3.63, 3.8) is 0 Å². The van der Waals surface area contributed by atoms with Gasteiger partial charge in [0, 0.05) is 12.6 Å². The lowest BCUT2D eigenvalue weighted by Crippen LogP contribution is -2.40. The zero-order chi connectivity index (χ0) is 14.3. The largest absolute Gasteiger partial charge is 0.481 e. The maximum atomic E-state index is 11.0. The Labute approximate surface area is 116 Å². The summed E-state index contributed by atoms with van der Waals surface area (Å²) in [5, 5.41) is 9.04. The first kappa shape index (κ1) is 15.7. The number of carbonyl (C=O) groups is 1. The second-order valence-electron chi connectivity index (χ2n) is 5.08. The number of likely N-dealkylation sites (N-methyl/N-ethyl adjacent to an activating group) is 1. The number of rotatable bonds is 8. The molecule has 2 atom stereocenters. The average molecular weight is 263 g/mol. The van der Waals surface area contributed by atoms with E-state index >= 15 is 0 Å². The number of carboxylic acid groups (broad SMARTS) is 1. The molecule has 19 heavy (non-hydrogen) atoms. The molecule has 0 aromatic heterocycles. The number of hydrogen-bond acceptors (Lipinski definition) is 2. The van der Waals surface area contributed by atoms with Gasteiger partial charge in [-0.1, -0.05) is 51.1 Å². The minimum Gasteiger partial charge on any atom is -0.481 e. The van der Waals surface area contributed by atoms with Gasteiger partial charge in [0.1, 0.15) is 0 Å². The quantitative estimate of drug-likeness (QED) is 0.783. The van der Waals surface area contributed by atoms with Crippen molar-refractivity contribution in [3.05, 3.63) is 35.9 Å². The molecule has 0 aliphatic rings. The summed E-state index contributed by atoms with van der Waals surface area (Å²) in [7, 11) is 0. The van der Waals surface area contributed by atoms with Crippen molar-refractivity contribution in [2.24, 2.45) is 5.92 Å². The predicted molar refractivity (Wildman–Crippen MR) is 78.3 cm³/mol. The van der Waals surface area contributed by atoms with Crippen LogP contribution in [0.2, 0.25) is 0 Å². The predicted octanol–water partition coefficient (Wildman–Crippen LogP) is 3.05. The molecule has 0 amide bonds. The van der Waals surface area contributed by atoms with Gasteiger partial charge < -0.3 is 5.11 Å². The Bertz CT molecular complexity index is 378. The third-order valence-electron chi connectivity index (χ3n) is 3.64. The first-order valence-electron chi connectivity index (χ1n) is 7.09. The van der Waals surface area contributed by atoms with Gasteiger partial charge in [-0.05, 0) is 24.9 Å². The van der Waals surface area contributed by atoms with Crippen LogP contribution >= 0.6 is 0 Å². The Morgan fingerprint density at radius 2 is 1.89 bits per heavy atom. The van der Waals surface area contributed by atoms with Crippen molar-refractivity contribution in [1.29, 1.82) is 0 Å². The summed E-state index contributed by atoms with van der Waals surface area (Å²) in [4.78, 5) is 13.3. The Kier molecular flexibility index (Phi) is 6.57. The Morgan fingerprint density at radius 3 is 2.37 bits per heavy atom. The molecule has 1 aromatic rings. The lowest BCUT2D eigenvalue weighted by atomic mass is 10.0. The van der Waals surface area contributed by atoms with Crippen LogP contribution in [0.4, 0.5) is 0 Å². The van der Waals surface area contributed by atoms with E-state index in [0.717, 1.165) is 19.4 Å². The fourth-order valence-corrected chi connectivity index (χ4v) is 2.38. The zero-order valence-corrected chi connectivity index (χ0v) is 12.2. The molecule has 106 valence electrons. The van der Waals surface area contributed by atoms with E-state index in [-0.39, 0.29) is 5.92 Å². The molecule has 0 saturated heterocycles. The molecular formula is C16H25NO2. The molecule has 3 heteroatoms. The maximum Gasteiger partial charge on any atom is 0.307 e.